The maximum Gasteiger partial charge on any atom is 0.386 e. The number of halogens is 3. The van der Waals surface area contributed by atoms with Gasteiger partial charge in [-0.1, -0.05) is 11.6 Å². The summed E-state index contributed by atoms with van der Waals surface area (Å²) in [4.78, 5) is 12.7. The smallest absolute Gasteiger partial charge is 0.386 e. The average molecular weight is 239 g/mol. The topological polar surface area (TPSA) is 65.3 Å². The van der Waals surface area contributed by atoms with Crippen LogP contribution in [0.3, 0.4) is 0 Å². The van der Waals surface area contributed by atoms with Crippen LogP contribution in [0.15, 0.2) is 6.20 Å². The number of nitrogens with zero attached hydrogens (tertiary/aromatic N) is 2. The van der Waals surface area contributed by atoms with Crippen LogP contribution in [0.4, 0.5) is 14.6 Å². The van der Waals surface area contributed by atoms with Crippen LogP contribution in [0, 0.1) is 10.1 Å². The van der Waals surface area contributed by atoms with Gasteiger partial charge in [-0.15, -0.1) is 0 Å². The average Bonchev–Trinajstić information content (AvgIpc) is 2.16. The third-order valence-corrected chi connectivity index (χ3v) is 1.94. The molecule has 0 aliphatic carbocycles. The van der Waals surface area contributed by atoms with Gasteiger partial charge in [0.25, 0.3) is 6.43 Å². The van der Waals surface area contributed by atoms with Crippen molar-refractivity contribution in [2.75, 3.05) is 7.11 Å². The van der Waals surface area contributed by atoms with Crippen LogP contribution in [0.2, 0.25) is 5.02 Å². The first-order chi connectivity index (χ1) is 6.99. The van der Waals surface area contributed by atoms with Crippen molar-refractivity contribution in [3.05, 3.63) is 26.9 Å². The van der Waals surface area contributed by atoms with Crippen LogP contribution in [0.5, 0.6) is 5.75 Å². The SMILES string of the molecule is COc1c(C(F)F)cnc([N+](=O)[O-])c1Cl. The van der Waals surface area contributed by atoms with Crippen molar-refractivity contribution in [3.8, 4) is 5.75 Å². The summed E-state index contributed by atoms with van der Waals surface area (Å²) in [6, 6.07) is 0. The van der Waals surface area contributed by atoms with Crippen molar-refractivity contribution >= 4 is 17.4 Å². The molecule has 5 nitrogen and oxygen atoms in total. The predicted molar refractivity (Wildman–Crippen MR) is 47.4 cm³/mol. The molecule has 0 N–H and O–H groups in total. The number of methoxy groups -OCH3 is 1. The Morgan fingerprint density at radius 3 is 2.67 bits per heavy atom. The van der Waals surface area contributed by atoms with E-state index < -0.39 is 33.5 Å². The summed E-state index contributed by atoms with van der Waals surface area (Å²) in [5.74, 6) is -1.13. The monoisotopic (exact) mass is 238 g/mol. The van der Waals surface area contributed by atoms with Crippen molar-refractivity contribution in [3.63, 3.8) is 0 Å². The number of nitro groups is 1. The van der Waals surface area contributed by atoms with E-state index in [9.17, 15) is 18.9 Å². The van der Waals surface area contributed by atoms with Gasteiger partial charge in [0.15, 0.2) is 17.0 Å². The fourth-order valence-corrected chi connectivity index (χ4v) is 1.27. The molecule has 1 heterocycles. The van der Waals surface area contributed by atoms with Gasteiger partial charge >= 0.3 is 5.82 Å². The zero-order valence-corrected chi connectivity index (χ0v) is 8.16. The second-order valence-electron chi connectivity index (χ2n) is 2.44. The second kappa shape index (κ2) is 4.35. The van der Waals surface area contributed by atoms with Crippen LogP contribution < -0.4 is 4.74 Å². The molecule has 0 fully saturated rings. The standard InChI is InChI=1S/C7H5ClF2N2O3/c1-15-5-3(6(9)10)2-11-7(4(5)8)12(13)14/h2,6H,1H3. The molecule has 0 unspecified atom stereocenters. The number of hydrogen-bond acceptors (Lipinski definition) is 4. The van der Waals surface area contributed by atoms with Crippen LogP contribution in [0.25, 0.3) is 0 Å². The van der Waals surface area contributed by atoms with Gasteiger partial charge in [-0.2, -0.15) is 0 Å². The maximum atomic E-state index is 12.4. The third kappa shape index (κ3) is 2.12. The quantitative estimate of drug-likeness (QED) is 0.600. The van der Waals surface area contributed by atoms with Crippen molar-refractivity contribution in [1.82, 2.24) is 4.98 Å². The lowest BCUT2D eigenvalue weighted by Crippen LogP contribution is -2.00. The van der Waals surface area contributed by atoms with E-state index in [-0.39, 0.29) is 0 Å². The van der Waals surface area contributed by atoms with Crippen LogP contribution >= 0.6 is 11.6 Å². The minimum Gasteiger partial charge on any atom is -0.494 e. The van der Waals surface area contributed by atoms with Crippen molar-refractivity contribution in [1.29, 1.82) is 0 Å². The lowest BCUT2D eigenvalue weighted by molar-refractivity contribution is -0.389. The molecular weight excluding hydrogens is 234 g/mol. The van der Waals surface area contributed by atoms with E-state index in [1.807, 2.05) is 0 Å². The first-order valence-corrected chi connectivity index (χ1v) is 4.01. The lowest BCUT2D eigenvalue weighted by Gasteiger charge is -2.07. The molecule has 0 saturated heterocycles. The highest BCUT2D eigenvalue weighted by molar-refractivity contribution is 6.34. The highest BCUT2D eigenvalue weighted by Gasteiger charge is 2.26. The van der Waals surface area contributed by atoms with Gasteiger partial charge in [-0.25, -0.2) is 8.78 Å². The van der Waals surface area contributed by atoms with Gasteiger partial charge in [0.1, 0.15) is 5.56 Å². The number of ether oxygens (including phenoxy) is 1. The molecule has 0 amide bonds. The molecule has 1 aromatic rings. The molecule has 0 aliphatic heterocycles. The number of aromatic nitrogens is 1. The van der Waals surface area contributed by atoms with Crippen LogP contribution in [-0.4, -0.2) is 17.0 Å². The molecule has 0 bridgehead atoms. The minimum atomic E-state index is -2.86. The predicted octanol–water partition coefficient (Wildman–Crippen LogP) is 2.59. The summed E-state index contributed by atoms with van der Waals surface area (Å²) < 4.78 is 29.3. The van der Waals surface area contributed by atoms with E-state index in [4.69, 9.17) is 11.6 Å². The molecule has 0 aliphatic rings. The van der Waals surface area contributed by atoms with Gasteiger partial charge < -0.3 is 14.9 Å². The Bertz CT molecular complexity index is 400. The van der Waals surface area contributed by atoms with E-state index >= 15 is 0 Å². The second-order valence-corrected chi connectivity index (χ2v) is 2.82. The summed E-state index contributed by atoms with van der Waals surface area (Å²) in [6.07, 6.45) is -2.18. The summed E-state index contributed by atoms with van der Waals surface area (Å²) in [7, 11) is 1.09. The van der Waals surface area contributed by atoms with Gasteiger partial charge in [-0.05, 0) is 9.91 Å². The van der Waals surface area contributed by atoms with Crippen molar-refractivity contribution in [2.24, 2.45) is 0 Å². The number of hydrogen-bond donors (Lipinski definition) is 0. The third-order valence-electron chi connectivity index (χ3n) is 1.60. The molecule has 0 atom stereocenters. The van der Waals surface area contributed by atoms with Gasteiger partial charge in [0, 0.05) is 0 Å². The Balaban J connectivity index is 3.39. The van der Waals surface area contributed by atoms with E-state index in [0.29, 0.717) is 6.20 Å². The Morgan fingerprint density at radius 2 is 2.27 bits per heavy atom. The maximum absolute atomic E-state index is 12.4. The number of alkyl halides is 2. The first kappa shape index (κ1) is 11.6. The number of pyridine rings is 1. The summed E-state index contributed by atoms with van der Waals surface area (Å²) in [6.45, 7) is 0. The molecule has 0 radical (unpaired) electrons. The molecule has 0 spiro atoms. The molecule has 15 heavy (non-hydrogen) atoms. The van der Waals surface area contributed by atoms with Gasteiger partial charge in [0.05, 0.1) is 7.11 Å². The summed E-state index contributed by atoms with van der Waals surface area (Å²) in [5, 5.41) is 9.86. The van der Waals surface area contributed by atoms with Gasteiger partial charge in [-0.3, -0.25) is 0 Å². The molecular formula is C7H5ClF2N2O3. The fourth-order valence-electron chi connectivity index (χ4n) is 0.964. The van der Waals surface area contributed by atoms with Crippen LogP contribution in [0.1, 0.15) is 12.0 Å². The highest BCUT2D eigenvalue weighted by atomic mass is 35.5. The fraction of sp³-hybridized carbons (Fsp3) is 0.286. The molecule has 0 aromatic carbocycles. The minimum absolute atomic E-state index is 0.423. The first-order valence-electron chi connectivity index (χ1n) is 3.64. The van der Waals surface area contributed by atoms with Crippen molar-refractivity contribution < 1.29 is 18.4 Å². The summed E-state index contributed by atoms with van der Waals surface area (Å²) >= 11 is 5.49. The molecule has 8 heteroatoms. The van der Waals surface area contributed by atoms with E-state index in [1.54, 1.807) is 0 Å². The van der Waals surface area contributed by atoms with E-state index in [0.717, 1.165) is 7.11 Å². The highest BCUT2D eigenvalue weighted by Crippen LogP contribution is 2.38. The number of rotatable bonds is 3. The largest absolute Gasteiger partial charge is 0.494 e. The Morgan fingerprint density at radius 1 is 1.67 bits per heavy atom. The molecule has 82 valence electrons. The normalized spacial score (nSPS) is 10.5. The zero-order chi connectivity index (χ0) is 11.6. The van der Waals surface area contributed by atoms with Crippen molar-refractivity contribution in [2.45, 2.75) is 6.43 Å². The Labute approximate surface area is 87.8 Å². The summed E-state index contributed by atoms with van der Waals surface area (Å²) in [5.41, 5.74) is -0.576. The molecule has 1 aromatic heterocycles. The van der Waals surface area contributed by atoms with E-state index in [2.05, 4.69) is 9.72 Å². The molecule has 0 saturated carbocycles. The Kier molecular flexibility index (Phi) is 3.35. The Hall–Kier alpha value is -1.50. The van der Waals surface area contributed by atoms with Crippen LogP contribution in [-0.2, 0) is 0 Å². The molecule has 1 rings (SSSR count). The van der Waals surface area contributed by atoms with Gasteiger partial charge in [0.2, 0.25) is 0 Å². The van der Waals surface area contributed by atoms with E-state index in [1.165, 1.54) is 0 Å². The zero-order valence-electron chi connectivity index (χ0n) is 7.41. The lowest BCUT2D eigenvalue weighted by atomic mass is 10.2.